The molecule has 4 aromatic rings. The molecular weight excluding hydrogens is 386 g/mol. The molecule has 5 N–H and O–H groups in total. The van der Waals surface area contributed by atoms with Crippen LogP contribution in [0.2, 0.25) is 0 Å². The van der Waals surface area contributed by atoms with Crippen molar-refractivity contribution in [3.63, 3.8) is 0 Å². The zero-order valence-corrected chi connectivity index (χ0v) is 16.7. The molecule has 4 aromatic heterocycles. The summed E-state index contributed by atoms with van der Waals surface area (Å²) in [5, 5.41) is 12.9. The molecule has 8 nitrogen and oxygen atoms in total. The average Bonchev–Trinajstić information content (AvgIpc) is 3.48. The second kappa shape index (κ2) is 8.54. The highest BCUT2D eigenvalue weighted by molar-refractivity contribution is 7.12. The monoisotopic (exact) mass is 409 g/mol. The van der Waals surface area contributed by atoms with Gasteiger partial charge in [0.15, 0.2) is 5.65 Å². The summed E-state index contributed by atoms with van der Waals surface area (Å²) in [5.41, 5.74) is 15.3. The third kappa shape index (κ3) is 4.36. The smallest absolute Gasteiger partial charge is 0.258 e. The van der Waals surface area contributed by atoms with Crippen molar-refractivity contribution in [3.05, 3.63) is 47.3 Å². The molecule has 150 valence electrons. The van der Waals surface area contributed by atoms with Gasteiger partial charge in [-0.1, -0.05) is 19.3 Å². The molecule has 0 saturated heterocycles. The first kappa shape index (κ1) is 19.3. The largest absolute Gasteiger partial charge is 0.365 e. The molecule has 5 rings (SSSR count). The first-order valence-corrected chi connectivity index (χ1v) is 10.5. The van der Waals surface area contributed by atoms with Crippen LogP contribution in [0.1, 0.15) is 41.8 Å². The highest BCUT2D eigenvalue weighted by atomic mass is 32.1. The van der Waals surface area contributed by atoms with E-state index in [2.05, 4.69) is 20.3 Å². The molecule has 0 bridgehead atoms. The number of carbonyl (C=O) groups excluding carboxylic acids is 1. The van der Waals surface area contributed by atoms with E-state index in [1.54, 1.807) is 35.4 Å². The van der Waals surface area contributed by atoms with Gasteiger partial charge in [0.25, 0.3) is 5.91 Å². The Morgan fingerprint density at radius 1 is 1.14 bits per heavy atom. The molecule has 1 saturated carbocycles. The highest BCUT2D eigenvalue weighted by Gasteiger charge is 2.13. The van der Waals surface area contributed by atoms with E-state index in [9.17, 15) is 4.79 Å². The standard InChI is InChI=1S/C14H10N6OS.C6H13N/c15-13(21)12-1-8(7-22-12)11-5-19-20-6-10(2-16-14(11)20)9-3-17-18-4-9;7-6-4-2-1-3-5-6/h1-7H,(H2,15,21)(H,17,18);6H,1-5,7H2. The lowest BCUT2D eigenvalue weighted by atomic mass is 9.97. The topological polar surface area (TPSA) is 128 Å². The molecule has 1 amide bonds. The summed E-state index contributed by atoms with van der Waals surface area (Å²) in [6.45, 7) is 0. The lowest BCUT2D eigenvalue weighted by Crippen LogP contribution is -2.22. The summed E-state index contributed by atoms with van der Waals surface area (Å²) in [5.74, 6) is -0.428. The van der Waals surface area contributed by atoms with E-state index in [4.69, 9.17) is 11.5 Å². The lowest BCUT2D eigenvalue weighted by Gasteiger charge is -2.15. The predicted molar refractivity (Wildman–Crippen MR) is 113 cm³/mol. The van der Waals surface area contributed by atoms with Crippen molar-refractivity contribution in [2.24, 2.45) is 11.5 Å². The quantitative estimate of drug-likeness (QED) is 0.478. The molecule has 0 spiro atoms. The highest BCUT2D eigenvalue weighted by Crippen LogP contribution is 2.29. The molecule has 1 aliphatic carbocycles. The fourth-order valence-corrected chi connectivity index (χ4v) is 4.14. The number of thiophene rings is 1. The molecule has 0 aliphatic heterocycles. The Balaban J connectivity index is 0.000000249. The fourth-order valence-electron chi connectivity index (χ4n) is 3.38. The Hall–Kier alpha value is -3.04. The maximum absolute atomic E-state index is 11.2. The Bertz CT molecular complexity index is 1090. The second-order valence-corrected chi connectivity index (χ2v) is 8.03. The van der Waals surface area contributed by atoms with Gasteiger partial charge in [0, 0.05) is 41.3 Å². The van der Waals surface area contributed by atoms with E-state index >= 15 is 0 Å². The summed E-state index contributed by atoms with van der Waals surface area (Å²) >= 11 is 1.31. The predicted octanol–water partition coefficient (Wildman–Crippen LogP) is 3.22. The van der Waals surface area contributed by atoms with Crippen LogP contribution in [0.3, 0.4) is 0 Å². The number of primary amides is 1. The number of hydrogen-bond donors (Lipinski definition) is 3. The number of aromatic amines is 1. The number of amides is 1. The van der Waals surface area contributed by atoms with Gasteiger partial charge >= 0.3 is 0 Å². The molecule has 0 atom stereocenters. The minimum atomic E-state index is -0.428. The molecular formula is C20H23N7OS. The number of aromatic nitrogens is 5. The maximum atomic E-state index is 11.2. The number of nitrogens with two attached hydrogens (primary N) is 2. The minimum Gasteiger partial charge on any atom is -0.365 e. The van der Waals surface area contributed by atoms with E-state index in [0.29, 0.717) is 10.9 Å². The second-order valence-electron chi connectivity index (χ2n) is 7.12. The van der Waals surface area contributed by atoms with Crippen molar-refractivity contribution >= 4 is 22.9 Å². The number of nitrogens with zero attached hydrogens (tertiary/aromatic N) is 4. The van der Waals surface area contributed by atoms with Crippen LogP contribution in [0.4, 0.5) is 0 Å². The van der Waals surface area contributed by atoms with Gasteiger partial charge in [0.05, 0.1) is 17.3 Å². The fraction of sp³-hybridized carbons (Fsp3) is 0.300. The third-order valence-corrected chi connectivity index (χ3v) is 5.94. The van der Waals surface area contributed by atoms with Crippen LogP contribution in [0, 0.1) is 0 Å². The number of hydrogen-bond acceptors (Lipinski definition) is 6. The van der Waals surface area contributed by atoms with Crippen molar-refractivity contribution in [2.75, 3.05) is 0 Å². The number of fused-ring (bicyclic) bond motifs is 1. The number of H-pyrrole nitrogens is 1. The zero-order chi connectivity index (χ0) is 20.2. The first-order valence-electron chi connectivity index (χ1n) is 9.58. The number of carbonyl (C=O) groups is 1. The Kier molecular flexibility index (Phi) is 5.68. The third-order valence-electron chi connectivity index (χ3n) is 4.99. The van der Waals surface area contributed by atoms with Gasteiger partial charge in [-0.05, 0) is 29.9 Å². The summed E-state index contributed by atoms with van der Waals surface area (Å²) in [4.78, 5) is 16.2. The van der Waals surface area contributed by atoms with Crippen molar-refractivity contribution in [1.82, 2.24) is 24.8 Å². The van der Waals surface area contributed by atoms with Crippen molar-refractivity contribution in [2.45, 2.75) is 38.1 Å². The van der Waals surface area contributed by atoms with E-state index in [1.165, 1.54) is 43.4 Å². The lowest BCUT2D eigenvalue weighted by molar-refractivity contribution is 0.100. The SMILES string of the molecule is NC(=O)c1cc(-c2cnn3cc(-c4cn[nH]c4)cnc23)cs1.NC1CCCCC1. The van der Waals surface area contributed by atoms with Gasteiger partial charge in [-0.15, -0.1) is 11.3 Å². The van der Waals surface area contributed by atoms with Gasteiger partial charge < -0.3 is 11.5 Å². The molecule has 1 fully saturated rings. The first-order chi connectivity index (χ1) is 14.1. The van der Waals surface area contributed by atoms with Crippen LogP contribution in [-0.2, 0) is 0 Å². The van der Waals surface area contributed by atoms with Crippen molar-refractivity contribution < 1.29 is 4.79 Å². The van der Waals surface area contributed by atoms with Gasteiger partial charge in [0.1, 0.15) is 0 Å². The van der Waals surface area contributed by atoms with Crippen LogP contribution in [-0.4, -0.2) is 36.7 Å². The Labute approximate surface area is 172 Å². The van der Waals surface area contributed by atoms with Crippen LogP contribution >= 0.6 is 11.3 Å². The van der Waals surface area contributed by atoms with Crippen LogP contribution in [0.25, 0.3) is 27.9 Å². The van der Waals surface area contributed by atoms with Gasteiger partial charge in [-0.3, -0.25) is 9.89 Å². The summed E-state index contributed by atoms with van der Waals surface area (Å²) in [7, 11) is 0. The zero-order valence-electron chi connectivity index (χ0n) is 15.9. The summed E-state index contributed by atoms with van der Waals surface area (Å²) in [6, 6.07) is 2.30. The van der Waals surface area contributed by atoms with Crippen molar-refractivity contribution in [1.29, 1.82) is 0 Å². The minimum absolute atomic E-state index is 0.428. The normalized spacial score (nSPS) is 14.5. The Morgan fingerprint density at radius 3 is 2.59 bits per heavy atom. The summed E-state index contributed by atoms with van der Waals surface area (Å²) in [6.07, 6.45) is 15.6. The maximum Gasteiger partial charge on any atom is 0.258 e. The molecule has 4 heterocycles. The van der Waals surface area contributed by atoms with Crippen LogP contribution in [0.5, 0.6) is 0 Å². The van der Waals surface area contributed by atoms with E-state index < -0.39 is 5.91 Å². The van der Waals surface area contributed by atoms with E-state index in [0.717, 1.165) is 27.9 Å². The molecule has 0 aromatic carbocycles. The number of rotatable bonds is 3. The molecule has 1 aliphatic rings. The van der Waals surface area contributed by atoms with Crippen LogP contribution < -0.4 is 11.5 Å². The van der Waals surface area contributed by atoms with E-state index in [1.807, 2.05) is 11.6 Å². The van der Waals surface area contributed by atoms with Gasteiger partial charge in [0.2, 0.25) is 0 Å². The van der Waals surface area contributed by atoms with Gasteiger partial charge in [-0.25, -0.2) is 9.50 Å². The molecule has 0 unspecified atom stereocenters. The summed E-state index contributed by atoms with van der Waals surface area (Å²) < 4.78 is 1.71. The molecule has 0 radical (unpaired) electrons. The molecule has 9 heteroatoms. The van der Waals surface area contributed by atoms with E-state index in [-0.39, 0.29) is 0 Å². The van der Waals surface area contributed by atoms with Crippen molar-refractivity contribution in [3.8, 4) is 22.3 Å². The molecule has 29 heavy (non-hydrogen) atoms. The average molecular weight is 410 g/mol. The van der Waals surface area contributed by atoms with Crippen LogP contribution in [0.15, 0.2) is 42.4 Å². The van der Waals surface area contributed by atoms with Gasteiger partial charge in [-0.2, -0.15) is 10.2 Å². The Morgan fingerprint density at radius 2 is 1.97 bits per heavy atom. The number of nitrogens with one attached hydrogen (secondary N) is 1.